The van der Waals surface area contributed by atoms with E-state index in [0.717, 1.165) is 0 Å². The average Bonchev–Trinajstić information content (AvgIpc) is 1.91. The normalized spacial score (nSPS) is 12.0. The first kappa shape index (κ1) is 5.48. The van der Waals surface area contributed by atoms with E-state index in [1.165, 1.54) is 16.7 Å². The second-order valence-corrected chi connectivity index (χ2v) is 2.39. The summed E-state index contributed by atoms with van der Waals surface area (Å²) in [6.07, 6.45) is 6.12. The van der Waals surface area contributed by atoms with Gasteiger partial charge in [-0.15, -0.1) is 0 Å². The van der Waals surface area contributed by atoms with Crippen molar-refractivity contribution in [1.82, 2.24) is 0 Å². The molecule has 0 radical (unpaired) electrons. The van der Waals surface area contributed by atoms with Crippen molar-refractivity contribution in [2.24, 2.45) is 0 Å². The second kappa shape index (κ2) is 1.84. The zero-order chi connectivity index (χ0) is 6.97. The van der Waals surface area contributed by atoms with Crippen molar-refractivity contribution < 1.29 is 0 Å². The Morgan fingerprint density at radius 3 is 2.60 bits per heavy atom. The van der Waals surface area contributed by atoms with Gasteiger partial charge in [0, 0.05) is 0 Å². The molecular weight excluding hydrogens is 120 g/mol. The van der Waals surface area contributed by atoms with Crippen LogP contribution in [0.4, 0.5) is 0 Å². The molecular formula is C10H8. The Kier molecular flexibility index (Phi) is 1.01. The van der Waals surface area contributed by atoms with Gasteiger partial charge in [0.2, 0.25) is 0 Å². The molecule has 0 nitrogen and oxygen atoms in total. The van der Waals surface area contributed by atoms with Crippen molar-refractivity contribution in [3.63, 3.8) is 0 Å². The highest BCUT2D eigenvalue weighted by Crippen LogP contribution is 2.27. The molecule has 1 aromatic carbocycles. The van der Waals surface area contributed by atoms with Gasteiger partial charge in [0.05, 0.1) is 0 Å². The third-order valence-electron chi connectivity index (χ3n) is 1.82. The minimum Gasteiger partial charge on any atom is -0.0984 e. The van der Waals surface area contributed by atoms with E-state index in [2.05, 4.69) is 36.9 Å². The van der Waals surface area contributed by atoms with Crippen molar-refractivity contribution >= 4 is 18.2 Å². The van der Waals surface area contributed by atoms with Crippen molar-refractivity contribution in [1.29, 1.82) is 0 Å². The summed E-state index contributed by atoms with van der Waals surface area (Å²) >= 11 is 0. The Bertz CT molecular complexity index is 306. The molecule has 10 heavy (non-hydrogen) atoms. The first-order valence-electron chi connectivity index (χ1n) is 3.35. The molecule has 0 fully saturated rings. The summed E-state index contributed by atoms with van der Waals surface area (Å²) in [7, 11) is 0. The van der Waals surface area contributed by atoms with Gasteiger partial charge >= 0.3 is 0 Å². The SMILES string of the molecule is C=Cc1cccc2c1C=C2. The lowest BCUT2D eigenvalue weighted by atomic mass is 9.93. The smallest absolute Gasteiger partial charge is 0.0111 e. The molecule has 0 aliphatic heterocycles. The third kappa shape index (κ3) is 0.561. The predicted molar refractivity (Wildman–Crippen MR) is 45.5 cm³/mol. The Balaban J connectivity index is 2.65. The third-order valence-corrected chi connectivity index (χ3v) is 1.82. The van der Waals surface area contributed by atoms with Gasteiger partial charge < -0.3 is 0 Å². The topological polar surface area (TPSA) is 0 Å². The Morgan fingerprint density at radius 2 is 2.10 bits per heavy atom. The van der Waals surface area contributed by atoms with Crippen LogP contribution in [0.3, 0.4) is 0 Å². The van der Waals surface area contributed by atoms with Gasteiger partial charge in [-0.1, -0.05) is 43.0 Å². The lowest BCUT2D eigenvalue weighted by Crippen LogP contribution is -1.91. The van der Waals surface area contributed by atoms with E-state index < -0.39 is 0 Å². The van der Waals surface area contributed by atoms with Crippen LogP contribution in [0.2, 0.25) is 0 Å². The molecule has 0 spiro atoms. The standard InChI is InChI=1S/C10H8/c1-2-8-4-3-5-9-6-7-10(8)9/h2-7H,1H2. The van der Waals surface area contributed by atoms with E-state index in [1.807, 2.05) is 6.08 Å². The van der Waals surface area contributed by atoms with Crippen LogP contribution in [-0.2, 0) is 0 Å². The lowest BCUT2D eigenvalue weighted by molar-refractivity contribution is 1.54. The first-order valence-corrected chi connectivity index (χ1v) is 3.35. The molecule has 1 aliphatic rings. The van der Waals surface area contributed by atoms with E-state index in [0.29, 0.717) is 0 Å². The number of benzene rings is 1. The Morgan fingerprint density at radius 1 is 1.20 bits per heavy atom. The van der Waals surface area contributed by atoms with Gasteiger partial charge in [-0.2, -0.15) is 0 Å². The van der Waals surface area contributed by atoms with Crippen LogP contribution in [-0.4, -0.2) is 0 Å². The van der Waals surface area contributed by atoms with Gasteiger partial charge in [-0.25, -0.2) is 0 Å². The van der Waals surface area contributed by atoms with Crippen LogP contribution in [0.15, 0.2) is 24.8 Å². The molecule has 0 unspecified atom stereocenters. The van der Waals surface area contributed by atoms with E-state index in [4.69, 9.17) is 0 Å². The summed E-state index contributed by atoms with van der Waals surface area (Å²) in [5, 5.41) is 0. The molecule has 0 aromatic heterocycles. The minimum atomic E-state index is 1.24. The van der Waals surface area contributed by atoms with Crippen LogP contribution in [0.25, 0.3) is 18.2 Å². The van der Waals surface area contributed by atoms with Crippen LogP contribution >= 0.6 is 0 Å². The molecule has 0 heteroatoms. The number of fused-ring (bicyclic) bond motifs is 1. The molecule has 0 amide bonds. The van der Waals surface area contributed by atoms with E-state index in [-0.39, 0.29) is 0 Å². The molecule has 1 aliphatic carbocycles. The number of hydrogen-bond acceptors (Lipinski definition) is 0. The zero-order valence-corrected chi connectivity index (χ0v) is 5.67. The summed E-state index contributed by atoms with van der Waals surface area (Å²) in [6, 6.07) is 6.25. The van der Waals surface area contributed by atoms with Crippen molar-refractivity contribution in [3.8, 4) is 0 Å². The second-order valence-electron chi connectivity index (χ2n) is 2.39. The highest BCUT2D eigenvalue weighted by molar-refractivity contribution is 5.89. The molecule has 48 valence electrons. The molecule has 0 bridgehead atoms. The van der Waals surface area contributed by atoms with Gasteiger partial charge in [-0.05, 0) is 16.7 Å². The minimum absolute atomic E-state index is 1.24. The maximum Gasteiger partial charge on any atom is -0.0111 e. The Hall–Kier alpha value is -1.30. The zero-order valence-electron chi connectivity index (χ0n) is 5.67. The van der Waals surface area contributed by atoms with Crippen LogP contribution in [0.1, 0.15) is 16.7 Å². The van der Waals surface area contributed by atoms with Crippen molar-refractivity contribution in [2.45, 2.75) is 0 Å². The fraction of sp³-hybridized carbons (Fsp3) is 0. The Labute approximate surface area is 60.5 Å². The summed E-state index contributed by atoms with van der Waals surface area (Å²) in [6.45, 7) is 3.73. The highest BCUT2D eigenvalue weighted by Gasteiger charge is 2.06. The summed E-state index contributed by atoms with van der Waals surface area (Å²) in [5.74, 6) is 0. The fourth-order valence-electron chi connectivity index (χ4n) is 1.19. The predicted octanol–water partition coefficient (Wildman–Crippen LogP) is 2.81. The summed E-state index contributed by atoms with van der Waals surface area (Å²) in [5.41, 5.74) is 3.90. The maximum atomic E-state index is 3.73. The monoisotopic (exact) mass is 128 g/mol. The van der Waals surface area contributed by atoms with Gasteiger partial charge in [0.25, 0.3) is 0 Å². The summed E-state index contributed by atoms with van der Waals surface area (Å²) in [4.78, 5) is 0. The quantitative estimate of drug-likeness (QED) is 0.554. The van der Waals surface area contributed by atoms with E-state index in [1.54, 1.807) is 0 Å². The average molecular weight is 128 g/mol. The van der Waals surface area contributed by atoms with Crippen LogP contribution in [0.5, 0.6) is 0 Å². The van der Waals surface area contributed by atoms with Crippen LogP contribution in [0, 0.1) is 0 Å². The molecule has 1 aromatic rings. The van der Waals surface area contributed by atoms with Crippen molar-refractivity contribution in [2.75, 3.05) is 0 Å². The summed E-state index contributed by atoms with van der Waals surface area (Å²) < 4.78 is 0. The number of hydrogen-bond donors (Lipinski definition) is 0. The molecule has 2 rings (SSSR count). The van der Waals surface area contributed by atoms with Gasteiger partial charge in [0.1, 0.15) is 0 Å². The molecule has 0 N–H and O–H groups in total. The van der Waals surface area contributed by atoms with Crippen LogP contribution < -0.4 is 0 Å². The fourth-order valence-corrected chi connectivity index (χ4v) is 1.19. The lowest BCUT2D eigenvalue weighted by Gasteiger charge is -2.12. The van der Waals surface area contributed by atoms with E-state index >= 15 is 0 Å². The molecule has 0 atom stereocenters. The van der Waals surface area contributed by atoms with Crippen molar-refractivity contribution in [3.05, 3.63) is 41.5 Å². The molecule has 0 heterocycles. The first-order chi connectivity index (χ1) is 4.92. The number of rotatable bonds is 1. The molecule has 0 saturated carbocycles. The highest BCUT2D eigenvalue weighted by atomic mass is 14.1. The maximum absolute atomic E-state index is 3.73. The van der Waals surface area contributed by atoms with E-state index in [9.17, 15) is 0 Å². The largest absolute Gasteiger partial charge is 0.0984 e. The van der Waals surface area contributed by atoms with Gasteiger partial charge in [0.15, 0.2) is 0 Å². The molecule has 0 saturated heterocycles. The van der Waals surface area contributed by atoms with Gasteiger partial charge in [-0.3, -0.25) is 0 Å².